The molecule has 3 rings (SSSR count). The Balaban J connectivity index is 1.79. The Morgan fingerprint density at radius 3 is 2.48 bits per heavy atom. The van der Waals surface area contributed by atoms with Crippen molar-refractivity contribution in [2.45, 2.75) is 13.8 Å². The number of hydrogen-bond acceptors (Lipinski definition) is 4. The van der Waals surface area contributed by atoms with E-state index in [2.05, 4.69) is 5.16 Å². The second-order valence-corrected chi connectivity index (χ2v) is 5.22. The largest absolute Gasteiger partial charge is 0.422 e. The molecule has 0 saturated heterocycles. The van der Waals surface area contributed by atoms with Gasteiger partial charge in [-0.1, -0.05) is 17.3 Å². The molecule has 0 aliphatic heterocycles. The first-order chi connectivity index (χ1) is 11.0. The van der Waals surface area contributed by atoms with E-state index in [0.717, 1.165) is 11.1 Å². The van der Waals surface area contributed by atoms with Gasteiger partial charge in [0, 0.05) is 11.6 Å². The maximum Gasteiger partial charge on any atom is 0.365 e. The van der Waals surface area contributed by atoms with Gasteiger partial charge in [0.05, 0.1) is 0 Å². The van der Waals surface area contributed by atoms with E-state index in [0.29, 0.717) is 5.76 Å². The molecule has 0 unspecified atom stereocenters. The Kier molecular flexibility index (Phi) is 3.93. The Morgan fingerprint density at radius 2 is 1.78 bits per heavy atom. The molecule has 0 aliphatic carbocycles. The van der Waals surface area contributed by atoms with Crippen LogP contribution < -0.4 is 4.74 Å². The minimum Gasteiger partial charge on any atom is -0.422 e. The zero-order valence-corrected chi connectivity index (χ0v) is 12.7. The predicted octanol–water partition coefficient (Wildman–Crippen LogP) is 4.32. The van der Waals surface area contributed by atoms with Crippen LogP contribution in [-0.2, 0) is 0 Å². The van der Waals surface area contributed by atoms with Gasteiger partial charge in [-0.15, -0.1) is 0 Å². The van der Waals surface area contributed by atoms with E-state index in [1.54, 1.807) is 0 Å². The molecular formula is C18H14FNO3. The lowest BCUT2D eigenvalue weighted by atomic mass is 10.0. The number of ether oxygens (including phenoxy) is 1. The number of esters is 1. The zero-order valence-electron chi connectivity index (χ0n) is 12.7. The maximum atomic E-state index is 12.8. The molecule has 23 heavy (non-hydrogen) atoms. The van der Waals surface area contributed by atoms with Gasteiger partial charge in [-0.25, -0.2) is 9.18 Å². The number of aryl methyl sites for hydroxylation is 2. The van der Waals surface area contributed by atoms with Gasteiger partial charge in [-0.3, -0.25) is 0 Å². The third kappa shape index (κ3) is 3.29. The highest BCUT2D eigenvalue weighted by Crippen LogP contribution is 2.23. The van der Waals surface area contributed by atoms with Crippen molar-refractivity contribution in [1.29, 1.82) is 0 Å². The fourth-order valence-corrected chi connectivity index (χ4v) is 2.06. The van der Waals surface area contributed by atoms with E-state index in [1.165, 1.54) is 35.9 Å². The van der Waals surface area contributed by atoms with Gasteiger partial charge in [0.1, 0.15) is 11.6 Å². The average molecular weight is 311 g/mol. The van der Waals surface area contributed by atoms with Crippen LogP contribution in [0.1, 0.15) is 21.6 Å². The summed E-state index contributed by atoms with van der Waals surface area (Å²) in [6, 6.07) is 12.5. The van der Waals surface area contributed by atoms with Gasteiger partial charge in [0.2, 0.25) is 0 Å². The number of halogens is 1. The zero-order chi connectivity index (χ0) is 16.4. The number of hydrogen-bond donors (Lipinski definition) is 0. The first kappa shape index (κ1) is 15.0. The fraction of sp³-hybridized carbons (Fsp3) is 0.111. The molecule has 3 aromatic rings. The molecule has 0 amide bonds. The minimum absolute atomic E-state index is 0.0579. The SMILES string of the molecule is Cc1ccc(-c2cc(C(=O)Oc3ccc(F)cc3)no2)cc1C. The van der Waals surface area contributed by atoms with Crippen molar-refractivity contribution in [2.75, 3.05) is 0 Å². The molecule has 2 aromatic carbocycles. The van der Waals surface area contributed by atoms with Crippen molar-refractivity contribution < 1.29 is 18.4 Å². The van der Waals surface area contributed by atoms with Gasteiger partial charge < -0.3 is 9.26 Å². The van der Waals surface area contributed by atoms with Crippen LogP contribution in [-0.4, -0.2) is 11.1 Å². The molecule has 0 aliphatic rings. The topological polar surface area (TPSA) is 52.3 Å². The van der Waals surface area contributed by atoms with Gasteiger partial charge in [-0.05, 0) is 55.3 Å². The summed E-state index contributed by atoms with van der Waals surface area (Å²) in [5.41, 5.74) is 3.18. The van der Waals surface area contributed by atoms with E-state index in [-0.39, 0.29) is 11.4 Å². The van der Waals surface area contributed by atoms with Crippen molar-refractivity contribution in [3.8, 4) is 17.1 Å². The summed E-state index contributed by atoms with van der Waals surface area (Å²) in [5.74, 6) is -0.329. The summed E-state index contributed by atoms with van der Waals surface area (Å²) in [7, 11) is 0. The van der Waals surface area contributed by atoms with Crippen LogP contribution in [0.5, 0.6) is 5.75 Å². The Labute approximate surface area is 132 Å². The molecule has 0 saturated carbocycles. The van der Waals surface area contributed by atoms with E-state index in [9.17, 15) is 9.18 Å². The maximum absolute atomic E-state index is 12.8. The van der Waals surface area contributed by atoms with Crippen molar-refractivity contribution in [1.82, 2.24) is 5.16 Å². The second-order valence-electron chi connectivity index (χ2n) is 5.22. The number of benzene rings is 2. The number of nitrogens with zero attached hydrogens (tertiary/aromatic N) is 1. The van der Waals surface area contributed by atoms with Crippen LogP contribution in [0.15, 0.2) is 53.1 Å². The molecule has 116 valence electrons. The highest BCUT2D eigenvalue weighted by molar-refractivity contribution is 5.90. The van der Waals surface area contributed by atoms with Crippen molar-refractivity contribution in [3.05, 3.63) is 71.2 Å². The Bertz CT molecular complexity index is 853. The first-order valence-electron chi connectivity index (χ1n) is 7.05. The molecule has 0 N–H and O–H groups in total. The number of carbonyl (C=O) groups excluding carboxylic acids is 1. The van der Waals surface area contributed by atoms with Crippen LogP contribution in [0.25, 0.3) is 11.3 Å². The highest BCUT2D eigenvalue weighted by Gasteiger charge is 2.16. The lowest BCUT2D eigenvalue weighted by Crippen LogP contribution is -2.08. The van der Waals surface area contributed by atoms with Crippen LogP contribution in [0.2, 0.25) is 0 Å². The summed E-state index contributed by atoms with van der Waals surface area (Å²) in [5, 5.41) is 3.73. The van der Waals surface area contributed by atoms with Crippen molar-refractivity contribution in [3.63, 3.8) is 0 Å². The molecule has 0 bridgehead atoms. The van der Waals surface area contributed by atoms with Gasteiger partial charge in [-0.2, -0.15) is 0 Å². The highest BCUT2D eigenvalue weighted by atomic mass is 19.1. The molecule has 0 radical (unpaired) electrons. The lowest BCUT2D eigenvalue weighted by molar-refractivity contribution is 0.0724. The summed E-state index contributed by atoms with van der Waals surface area (Å²) < 4.78 is 23.2. The molecular weight excluding hydrogens is 297 g/mol. The summed E-state index contributed by atoms with van der Waals surface area (Å²) >= 11 is 0. The summed E-state index contributed by atoms with van der Waals surface area (Å²) in [6.45, 7) is 4.02. The van der Waals surface area contributed by atoms with E-state index < -0.39 is 11.8 Å². The van der Waals surface area contributed by atoms with Crippen LogP contribution >= 0.6 is 0 Å². The summed E-state index contributed by atoms with van der Waals surface area (Å²) in [6.07, 6.45) is 0. The third-order valence-corrected chi connectivity index (χ3v) is 3.53. The Morgan fingerprint density at radius 1 is 1.04 bits per heavy atom. The van der Waals surface area contributed by atoms with Crippen LogP contribution in [0.4, 0.5) is 4.39 Å². The van der Waals surface area contributed by atoms with E-state index in [1.807, 2.05) is 32.0 Å². The summed E-state index contributed by atoms with van der Waals surface area (Å²) in [4.78, 5) is 12.0. The van der Waals surface area contributed by atoms with Crippen molar-refractivity contribution >= 4 is 5.97 Å². The van der Waals surface area contributed by atoms with Crippen molar-refractivity contribution in [2.24, 2.45) is 0 Å². The average Bonchev–Trinajstić information content (AvgIpc) is 3.02. The molecule has 1 heterocycles. The molecule has 0 atom stereocenters. The molecule has 4 nitrogen and oxygen atoms in total. The van der Waals surface area contributed by atoms with E-state index >= 15 is 0 Å². The van der Waals surface area contributed by atoms with Crippen LogP contribution in [0, 0.1) is 19.7 Å². The smallest absolute Gasteiger partial charge is 0.365 e. The number of aromatic nitrogens is 1. The van der Waals surface area contributed by atoms with E-state index in [4.69, 9.17) is 9.26 Å². The second kappa shape index (κ2) is 6.04. The molecule has 0 fully saturated rings. The predicted molar refractivity (Wildman–Crippen MR) is 82.8 cm³/mol. The number of rotatable bonds is 3. The first-order valence-corrected chi connectivity index (χ1v) is 7.05. The molecule has 1 aromatic heterocycles. The van der Waals surface area contributed by atoms with Gasteiger partial charge in [0.25, 0.3) is 0 Å². The van der Waals surface area contributed by atoms with Gasteiger partial charge >= 0.3 is 5.97 Å². The number of carbonyl (C=O) groups is 1. The standard InChI is InChI=1S/C18H14FNO3/c1-11-3-4-13(9-12(11)2)17-10-16(20-23-17)18(21)22-15-7-5-14(19)6-8-15/h3-10H,1-2H3. The molecule has 5 heteroatoms. The quantitative estimate of drug-likeness (QED) is 0.534. The molecule has 0 spiro atoms. The fourth-order valence-electron chi connectivity index (χ4n) is 2.06. The van der Waals surface area contributed by atoms with Crippen LogP contribution in [0.3, 0.4) is 0 Å². The third-order valence-electron chi connectivity index (χ3n) is 3.53. The minimum atomic E-state index is -0.657. The lowest BCUT2D eigenvalue weighted by Gasteiger charge is -2.01. The monoisotopic (exact) mass is 311 g/mol. The normalized spacial score (nSPS) is 10.6. The van der Waals surface area contributed by atoms with Gasteiger partial charge in [0.15, 0.2) is 11.5 Å². The Hall–Kier alpha value is -2.95.